The number of hydrogen-bond acceptors (Lipinski definition) is 5. The summed E-state index contributed by atoms with van der Waals surface area (Å²) in [5.74, 6) is -0.0928. The Morgan fingerprint density at radius 1 is 1.42 bits per heavy atom. The molecule has 0 bridgehead atoms. The van der Waals surface area contributed by atoms with Crippen LogP contribution >= 0.6 is 0 Å². The number of hydrogen-bond donors (Lipinski definition) is 3. The first-order valence-electron chi connectivity index (χ1n) is 7.25. The Morgan fingerprint density at radius 3 is 2.74 bits per heavy atom. The lowest BCUT2D eigenvalue weighted by atomic mass is 9.75. The molecule has 0 unspecified atom stereocenters. The molecule has 2 fully saturated rings. The van der Waals surface area contributed by atoms with Gasteiger partial charge in [0.1, 0.15) is 0 Å². The minimum Gasteiger partial charge on any atom is -0.469 e. The van der Waals surface area contributed by atoms with E-state index in [1.807, 2.05) is 0 Å². The predicted octanol–water partition coefficient (Wildman–Crippen LogP) is 0.584. The molecule has 0 radical (unpaired) electrons. The van der Waals surface area contributed by atoms with Crippen molar-refractivity contribution in [2.45, 2.75) is 62.6 Å². The zero-order chi connectivity index (χ0) is 13.9. The lowest BCUT2D eigenvalue weighted by molar-refractivity contribution is -0.141. The van der Waals surface area contributed by atoms with E-state index < -0.39 is 6.10 Å². The molecule has 0 aromatic carbocycles. The van der Waals surface area contributed by atoms with E-state index in [-0.39, 0.29) is 30.1 Å². The Bertz CT molecular complexity index is 323. The fourth-order valence-corrected chi connectivity index (χ4v) is 3.93. The lowest BCUT2D eigenvalue weighted by Crippen LogP contribution is -2.58. The second kappa shape index (κ2) is 6.20. The van der Waals surface area contributed by atoms with Crippen molar-refractivity contribution in [3.05, 3.63) is 0 Å². The number of carbonyl (C=O) groups excluding carboxylic acids is 1. The van der Waals surface area contributed by atoms with E-state index in [4.69, 9.17) is 4.74 Å². The number of rotatable bonds is 4. The number of aliphatic hydroxyl groups is 2. The fourth-order valence-electron chi connectivity index (χ4n) is 3.93. The largest absolute Gasteiger partial charge is 0.469 e. The number of esters is 1. The van der Waals surface area contributed by atoms with Gasteiger partial charge < -0.3 is 20.3 Å². The lowest BCUT2D eigenvalue weighted by Gasteiger charge is -2.45. The molecular weight excluding hydrogens is 246 g/mol. The zero-order valence-corrected chi connectivity index (χ0v) is 11.6. The molecule has 1 spiro atoms. The van der Waals surface area contributed by atoms with Crippen LogP contribution in [0.15, 0.2) is 0 Å². The van der Waals surface area contributed by atoms with E-state index in [0.29, 0.717) is 6.42 Å². The Kier molecular flexibility index (Phi) is 4.81. The van der Waals surface area contributed by atoms with Gasteiger partial charge in [0.05, 0.1) is 26.2 Å². The Labute approximate surface area is 114 Å². The first-order chi connectivity index (χ1) is 9.11. The smallest absolute Gasteiger partial charge is 0.307 e. The summed E-state index contributed by atoms with van der Waals surface area (Å²) in [7, 11) is 1.41. The molecule has 2 aliphatic rings. The van der Waals surface area contributed by atoms with Gasteiger partial charge in [0, 0.05) is 17.5 Å². The third kappa shape index (κ3) is 3.09. The number of carbonyl (C=O) groups is 1. The first kappa shape index (κ1) is 14.8. The van der Waals surface area contributed by atoms with E-state index >= 15 is 0 Å². The predicted molar refractivity (Wildman–Crippen MR) is 70.6 cm³/mol. The maximum Gasteiger partial charge on any atom is 0.307 e. The number of aliphatic hydroxyl groups excluding tert-OH is 2. The van der Waals surface area contributed by atoms with Gasteiger partial charge in [-0.15, -0.1) is 0 Å². The van der Waals surface area contributed by atoms with Crippen LogP contribution in [0.4, 0.5) is 0 Å². The van der Waals surface area contributed by atoms with Crippen LogP contribution in [0.1, 0.15) is 44.9 Å². The minimum atomic E-state index is -0.660. The third-order valence-electron chi connectivity index (χ3n) is 4.81. The SMILES string of the molecule is COC(=O)C[C@H]1CCC[C@@]2(CCC[C@@H]2[C@H](O)CO)N1. The quantitative estimate of drug-likeness (QED) is 0.652. The highest BCUT2D eigenvalue weighted by Crippen LogP contribution is 2.44. The van der Waals surface area contributed by atoms with E-state index in [1.165, 1.54) is 7.11 Å². The molecule has 1 heterocycles. The topological polar surface area (TPSA) is 78.8 Å². The normalized spacial score (nSPS) is 36.4. The highest BCUT2D eigenvalue weighted by molar-refractivity contribution is 5.69. The summed E-state index contributed by atoms with van der Waals surface area (Å²) in [6.07, 6.45) is 5.81. The summed E-state index contributed by atoms with van der Waals surface area (Å²) in [6.45, 7) is -0.185. The summed E-state index contributed by atoms with van der Waals surface area (Å²) in [4.78, 5) is 11.4. The summed E-state index contributed by atoms with van der Waals surface area (Å²) in [6, 6.07) is 0.132. The molecule has 3 N–H and O–H groups in total. The summed E-state index contributed by atoms with van der Waals surface area (Å²) in [5, 5.41) is 22.8. The van der Waals surface area contributed by atoms with Crippen molar-refractivity contribution in [2.24, 2.45) is 5.92 Å². The van der Waals surface area contributed by atoms with E-state index in [2.05, 4.69) is 5.32 Å². The Balaban J connectivity index is 2.03. The second-order valence-corrected chi connectivity index (χ2v) is 5.92. The van der Waals surface area contributed by atoms with Crippen LogP contribution in [0.5, 0.6) is 0 Å². The van der Waals surface area contributed by atoms with Crippen molar-refractivity contribution < 1.29 is 19.7 Å². The van der Waals surface area contributed by atoms with E-state index in [1.54, 1.807) is 0 Å². The number of nitrogens with one attached hydrogen (secondary N) is 1. The molecular formula is C14H25NO4. The fraction of sp³-hybridized carbons (Fsp3) is 0.929. The van der Waals surface area contributed by atoms with Crippen molar-refractivity contribution in [1.82, 2.24) is 5.32 Å². The summed E-state index contributed by atoms with van der Waals surface area (Å²) >= 11 is 0. The molecule has 5 heteroatoms. The van der Waals surface area contributed by atoms with Crippen molar-refractivity contribution in [1.29, 1.82) is 0 Å². The van der Waals surface area contributed by atoms with Gasteiger partial charge in [-0.1, -0.05) is 12.8 Å². The van der Waals surface area contributed by atoms with Crippen LogP contribution in [0.25, 0.3) is 0 Å². The second-order valence-electron chi connectivity index (χ2n) is 5.92. The molecule has 1 aliphatic carbocycles. The average Bonchev–Trinajstić information content (AvgIpc) is 2.80. The van der Waals surface area contributed by atoms with E-state index in [0.717, 1.165) is 38.5 Å². The molecule has 1 saturated heterocycles. The highest BCUT2D eigenvalue weighted by Gasteiger charge is 2.48. The minimum absolute atomic E-state index is 0.0953. The van der Waals surface area contributed by atoms with Gasteiger partial charge >= 0.3 is 5.97 Å². The average molecular weight is 271 g/mol. The molecule has 4 atom stereocenters. The standard InChI is InChI=1S/C14H25NO4/c1-19-13(18)8-10-4-2-6-14(15-10)7-3-5-11(14)12(17)9-16/h10-12,15-17H,2-9H2,1H3/t10-,11-,12-,14+/m1/s1. The zero-order valence-electron chi connectivity index (χ0n) is 11.6. The molecule has 0 aromatic heterocycles. The Morgan fingerprint density at radius 2 is 2.11 bits per heavy atom. The van der Waals surface area contributed by atoms with Crippen LogP contribution in [0.3, 0.4) is 0 Å². The maximum absolute atomic E-state index is 11.4. The molecule has 0 aromatic rings. The van der Waals surface area contributed by atoms with Crippen molar-refractivity contribution >= 4 is 5.97 Å². The summed E-state index contributed by atoms with van der Waals surface area (Å²) < 4.78 is 4.73. The van der Waals surface area contributed by atoms with Crippen LogP contribution < -0.4 is 5.32 Å². The Hall–Kier alpha value is -0.650. The van der Waals surface area contributed by atoms with Gasteiger partial charge in [-0.05, 0) is 25.7 Å². The molecule has 0 amide bonds. The maximum atomic E-state index is 11.4. The summed E-state index contributed by atoms with van der Waals surface area (Å²) in [5.41, 5.74) is -0.0981. The molecule has 2 rings (SSSR count). The van der Waals surface area contributed by atoms with Crippen LogP contribution in [0, 0.1) is 5.92 Å². The number of ether oxygens (including phenoxy) is 1. The molecule has 1 aliphatic heterocycles. The monoisotopic (exact) mass is 271 g/mol. The van der Waals surface area contributed by atoms with Gasteiger partial charge in [0.25, 0.3) is 0 Å². The molecule has 1 saturated carbocycles. The van der Waals surface area contributed by atoms with Gasteiger partial charge in [-0.3, -0.25) is 4.79 Å². The van der Waals surface area contributed by atoms with Crippen LogP contribution in [-0.2, 0) is 9.53 Å². The highest BCUT2D eigenvalue weighted by atomic mass is 16.5. The molecule has 5 nitrogen and oxygen atoms in total. The molecule has 110 valence electrons. The first-order valence-corrected chi connectivity index (χ1v) is 7.25. The number of piperidine rings is 1. The third-order valence-corrected chi connectivity index (χ3v) is 4.81. The van der Waals surface area contributed by atoms with Crippen LogP contribution in [-0.4, -0.2) is 47.6 Å². The van der Waals surface area contributed by atoms with Gasteiger partial charge in [-0.2, -0.15) is 0 Å². The van der Waals surface area contributed by atoms with E-state index in [9.17, 15) is 15.0 Å². The van der Waals surface area contributed by atoms with Crippen molar-refractivity contribution in [3.63, 3.8) is 0 Å². The van der Waals surface area contributed by atoms with Gasteiger partial charge in [0.15, 0.2) is 0 Å². The van der Waals surface area contributed by atoms with Crippen molar-refractivity contribution in [3.8, 4) is 0 Å². The molecule has 19 heavy (non-hydrogen) atoms. The van der Waals surface area contributed by atoms with Crippen molar-refractivity contribution in [2.75, 3.05) is 13.7 Å². The van der Waals surface area contributed by atoms with Gasteiger partial charge in [0.2, 0.25) is 0 Å². The van der Waals surface area contributed by atoms with Gasteiger partial charge in [-0.25, -0.2) is 0 Å². The number of methoxy groups -OCH3 is 1. The van der Waals surface area contributed by atoms with Crippen LogP contribution in [0.2, 0.25) is 0 Å².